The molecule has 1 amide bonds. The van der Waals surface area contributed by atoms with Gasteiger partial charge in [0, 0.05) is 31.8 Å². The molecule has 1 aliphatic rings. The van der Waals surface area contributed by atoms with Gasteiger partial charge in [0.25, 0.3) is 5.91 Å². The molecule has 3 heterocycles. The summed E-state index contributed by atoms with van der Waals surface area (Å²) in [4.78, 5) is 25.2. The van der Waals surface area contributed by atoms with Crippen molar-refractivity contribution in [2.24, 2.45) is 0 Å². The highest BCUT2D eigenvalue weighted by Crippen LogP contribution is 2.26. The summed E-state index contributed by atoms with van der Waals surface area (Å²) in [7, 11) is 0. The minimum atomic E-state index is -0.572. The van der Waals surface area contributed by atoms with Gasteiger partial charge in [-0.1, -0.05) is 24.3 Å². The third kappa shape index (κ3) is 4.93. The van der Waals surface area contributed by atoms with Gasteiger partial charge in [0.1, 0.15) is 11.6 Å². The SMILES string of the molecule is CC(C)n1cnc2c(NCc3ccc(/C=C/C(=O)NO)cc3)nc(C3CNCCO3)nc21. The fourth-order valence-electron chi connectivity index (χ4n) is 3.45. The first-order valence-corrected chi connectivity index (χ1v) is 10.6. The summed E-state index contributed by atoms with van der Waals surface area (Å²) < 4.78 is 7.91. The van der Waals surface area contributed by atoms with E-state index in [1.54, 1.807) is 17.9 Å². The van der Waals surface area contributed by atoms with E-state index in [1.165, 1.54) is 6.08 Å². The van der Waals surface area contributed by atoms with E-state index < -0.39 is 5.91 Å². The number of hydroxylamine groups is 1. The van der Waals surface area contributed by atoms with Crippen molar-refractivity contribution in [1.82, 2.24) is 30.3 Å². The molecule has 168 valence electrons. The number of imidazole rings is 1. The Morgan fingerprint density at radius 3 is 2.84 bits per heavy atom. The monoisotopic (exact) mass is 437 g/mol. The van der Waals surface area contributed by atoms with Gasteiger partial charge in [-0.2, -0.15) is 0 Å². The average molecular weight is 438 g/mol. The predicted molar refractivity (Wildman–Crippen MR) is 120 cm³/mol. The van der Waals surface area contributed by atoms with Crippen molar-refractivity contribution in [1.29, 1.82) is 0 Å². The molecule has 2 aromatic heterocycles. The second-order valence-electron chi connectivity index (χ2n) is 7.82. The van der Waals surface area contributed by atoms with Crippen molar-refractivity contribution < 1.29 is 14.7 Å². The third-order valence-electron chi connectivity index (χ3n) is 5.19. The second-order valence-corrected chi connectivity index (χ2v) is 7.82. The maximum atomic E-state index is 11.1. The Balaban J connectivity index is 1.56. The van der Waals surface area contributed by atoms with Gasteiger partial charge in [-0.25, -0.2) is 20.4 Å². The zero-order valence-electron chi connectivity index (χ0n) is 18.1. The molecule has 4 rings (SSSR count). The van der Waals surface area contributed by atoms with Crippen LogP contribution >= 0.6 is 0 Å². The molecule has 1 unspecified atom stereocenters. The van der Waals surface area contributed by atoms with Crippen LogP contribution < -0.4 is 16.1 Å². The topological polar surface area (TPSA) is 126 Å². The highest BCUT2D eigenvalue weighted by Gasteiger charge is 2.22. The van der Waals surface area contributed by atoms with Gasteiger partial charge in [0.05, 0.1) is 12.9 Å². The van der Waals surface area contributed by atoms with E-state index in [9.17, 15) is 4.79 Å². The number of hydrogen-bond donors (Lipinski definition) is 4. The lowest BCUT2D eigenvalue weighted by Gasteiger charge is -2.23. The summed E-state index contributed by atoms with van der Waals surface area (Å²) in [6.07, 6.45) is 4.48. The molecule has 3 aromatic rings. The van der Waals surface area contributed by atoms with E-state index in [4.69, 9.17) is 19.9 Å². The van der Waals surface area contributed by atoms with Crippen LogP contribution in [0.3, 0.4) is 0 Å². The van der Waals surface area contributed by atoms with Crippen molar-refractivity contribution in [3.8, 4) is 0 Å². The van der Waals surface area contributed by atoms with Crippen LogP contribution in [0.15, 0.2) is 36.7 Å². The number of amides is 1. The summed E-state index contributed by atoms with van der Waals surface area (Å²) in [5.41, 5.74) is 4.96. The van der Waals surface area contributed by atoms with Gasteiger partial charge >= 0.3 is 0 Å². The zero-order chi connectivity index (χ0) is 22.5. The smallest absolute Gasteiger partial charge is 0.267 e. The van der Waals surface area contributed by atoms with Crippen LogP contribution in [-0.4, -0.2) is 50.3 Å². The molecule has 1 fully saturated rings. The molecular weight excluding hydrogens is 410 g/mol. The number of carbonyl (C=O) groups is 1. The second kappa shape index (κ2) is 9.86. The molecule has 0 bridgehead atoms. The molecule has 0 saturated carbocycles. The van der Waals surface area contributed by atoms with Crippen molar-refractivity contribution in [3.63, 3.8) is 0 Å². The van der Waals surface area contributed by atoms with Crippen LogP contribution in [0, 0.1) is 0 Å². The third-order valence-corrected chi connectivity index (χ3v) is 5.19. The molecule has 1 aromatic carbocycles. The van der Waals surface area contributed by atoms with E-state index in [-0.39, 0.29) is 12.1 Å². The molecule has 0 radical (unpaired) electrons. The number of fused-ring (bicyclic) bond motifs is 1. The quantitative estimate of drug-likeness (QED) is 0.252. The van der Waals surface area contributed by atoms with Gasteiger partial charge < -0.3 is 19.9 Å². The number of ether oxygens (including phenoxy) is 1. The molecular formula is C22H27N7O3. The number of anilines is 1. The van der Waals surface area contributed by atoms with Gasteiger partial charge in [-0.3, -0.25) is 10.0 Å². The van der Waals surface area contributed by atoms with E-state index in [2.05, 4.69) is 29.5 Å². The Hall–Kier alpha value is -3.34. The maximum Gasteiger partial charge on any atom is 0.267 e. The Labute approximate surface area is 185 Å². The average Bonchev–Trinajstić information content (AvgIpc) is 3.26. The van der Waals surface area contributed by atoms with E-state index in [1.807, 2.05) is 28.8 Å². The van der Waals surface area contributed by atoms with E-state index >= 15 is 0 Å². The Morgan fingerprint density at radius 1 is 1.34 bits per heavy atom. The number of nitrogens with zero attached hydrogens (tertiary/aromatic N) is 4. The lowest BCUT2D eigenvalue weighted by atomic mass is 10.1. The number of nitrogens with one attached hydrogen (secondary N) is 3. The summed E-state index contributed by atoms with van der Waals surface area (Å²) in [6, 6.07) is 7.94. The highest BCUT2D eigenvalue weighted by atomic mass is 16.5. The molecule has 10 heteroatoms. The zero-order valence-corrected chi connectivity index (χ0v) is 18.1. The minimum Gasteiger partial charge on any atom is -0.368 e. The fourth-order valence-corrected chi connectivity index (χ4v) is 3.45. The van der Waals surface area contributed by atoms with Gasteiger partial charge in [-0.05, 0) is 31.1 Å². The van der Waals surface area contributed by atoms with Crippen molar-refractivity contribution >= 4 is 29.0 Å². The van der Waals surface area contributed by atoms with E-state index in [0.29, 0.717) is 31.3 Å². The largest absolute Gasteiger partial charge is 0.368 e. The molecule has 1 atom stereocenters. The van der Waals surface area contributed by atoms with Gasteiger partial charge in [0.15, 0.2) is 17.3 Å². The van der Waals surface area contributed by atoms with Crippen LogP contribution in [0.1, 0.15) is 42.9 Å². The molecule has 4 N–H and O–H groups in total. The molecule has 1 saturated heterocycles. The number of aromatic nitrogens is 4. The summed E-state index contributed by atoms with van der Waals surface area (Å²) in [5.74, 6) is 0.733. The Bertz CT molecular complexity index is 1100. The Morgan fingerprint density at radius 2 is 2.16 bits per heavy atom. The van der Waals surface area contributed by atoms with Crippen molar-refractivity contribution in [3.05, 3.63) is 53.6 Å². The van der Waals surface area contributed by atoms with Crippen molar-refractivity contribution in [2.45, 2.75) is 32.5 Å². The van der Waals surface area contributed by atoms with Gasteiger partial charge in [-0.15, -0.1) is 0 Å². The molecule has 10 nitrogen and oxygen atoms in total. The van der Waals surface area contributed by atoms with Crippen LogP contribution in [0.2, 0.25) is 0 Å². The number of morpholine rings is 1. The van der Waals surface area contributed by atoms with Gasteiger partial charge in [0.2, 0.25) is 0 Å². The molecule has 0 aliphatic carbocycles. The number of rotatable bonds is 7. The Kier molecular flexibility index (Phi) is 6.74. The lowest BCUT2D eigenvalue weighted by molar-refractivity contribution is -0.124. The van der Waals surface area contributed by atoms with E-state index in [0.717, 1.165) is 28.8 Å². The molecule has 32 heavy (non-hydrogen) atoms. The first-order chi connectivity index (χ1) is 15.5. The van der Waals surface area contributed by atoms with Crippen LogP contribution in [-0.2, 0) is 16.1 Å². The first kappa shape index (κ1) is 21.9. The number of hydrogen-bond acceptors (Lipinski definition) is 8. The number of carbonyl (C=O) groups excluding carboxylic acids is 1. The van der Waals surface area contributed by atoms with Crippen molar-refractivity contribution in [2.75, 3.05) is 25.0 Å². The predicted octanol–water partition coefficient (Wildman–Crippen LogP) is 2.20. The number of benzene rings is 1. The first-order valence-electron chi connectivity index (χ1n) is 10.6. The fraction of sp³-hybridized carbons (Fsp3) is 0.364. The normalized spacial score (nSPS) is 16.7. The summed E-state index contributed by atoms with van der Waals surface area (Å²) in [6.45, 7) is 6.85. The van der Waals surface area contributed by atoms with Crippen LogP contribution in [0.25, 0.3) is 17.2 Å². The minimum absolute atomic E-state index is 0.202. The summed E-state index contributed by atoms with van der Waals surface area (Å²) >= 11 is 0. The van der Waals surface area contributed by atoms with Crippen LogP contribution in [0.5, 0.6) is 0 Å². The lowest BCUT2D eigenvalue weighted by Crippen LogP contribution is -2.34. The molecule has 0 spiro atoms. The molecule has 1 aliphatic heterocycles. The van der Waals surface area contributed by atoms with Crippen LogP contribution in [0.4, 0.5) is 5.82 Å². The summed E-state index contributed by atoms with van der Waals surface area (Å²) in [5, 5.41) is 15.3. The standard InChI is InChI=1S/C22H27N7O3/c1-14(2)29-13-25-19-21(26-20(27-22(19)29)17-12-23-9-10-32-17)24-11-16-5-3-15(4-6-16)7-8-18(30)28-31/h3-8,13-14,17,23,31H,9-12H2,1-2H3,(H,28,30)(H,24,26,27)/b8-7+. The highest BCUT2D eigenvalue weighted by molar-refractivity contribution is 5.90. The maximum absolute atomic E-state index is 11.1.